The monoisotopic (exact) mass is 264 g/mol. The molecule has 19 heavy (non-hydrogen) atoms. The molecule has 3 N–H and O–H groups in total. The number of nitrogens with two attached hydrogens (primary N) is 1. The molecule has 106 valence electrons. The Kier molecular flexibility index (Phi) is 4.96. The van der Waals surface area contributed by atoms with Crippen molar-refractivity contribution >= 4 is 5.91 Å². The average molecular weight is 264 g/mol. The number of rotatable bonds is 6. The number of nitrogens with zero attached hydrogens (tertiary/aromatic N) is 2. The van der Waals surface area contributed by atoms with Gasteiger partial charge in [0.25, 0.3) is 0 Å². The van der Waals surface area contributed by atoms with Crippen molar-refractivity contribution in [2.75, 3.05) is 6.54 Å². The topological polar surface area (TPSA) is 72.9 Å². The first-order chi connectivity index (χ1) is 9.22. The van der Waals surface area contributed by atoms with Gasteiger partial charge in [0.1, 0.15) is 0 Å². The van der Waals surface area contributed by atoms with E-state index >= 15 is 0 Å². The minimum Gasteiger partial charge on any atom is -0.349 e. The van der Waals surface area contributed by atoms with Crippen LogP contribution in [-0.2, 0) is 18.3 Å². The molecule has 1 aliphatic rings. The van der Waals surface area contributed by atoms with Crippen LogP contribution in [0.3, 0.4) is 0 Å². The van der Waals surface area contributed by atoms with Crippen molar-refractivity contribution in [1.82, 2.24) is 15.1 Å². The van der Waals surface area contributed by atoms with Gasteiger partial charge in [0, 0.05) is 24.7 Å². The minimum atomic E-state index is 0.152. The number of fused-ring (bicyclic) bond motifs is 1. The summed E-state index contributed by atoms with van der Waals surface area (Å²) in [7, 11) is 1.97. The molecule has 1 aromatic rings. The molecule has 2 rings (SSSR count). The van der Waals surface area contributed by atoms with Crippen LogP contribution in [0.1, 0.15) is 55.8 Å². The predicted molar refractivity (Wildman–Crippen MR) is 74.6 cm³/mol. The van der Waals surface area contributed by atoms with Crippen molar-refractivity contribution in [3.05, 3.63) is 17.5 Å². The molecular formula is C14H24N4O. The van der Waals surface area contributed by atoms with E-state index in [0.29, 0.717) is 13.0 Å². The van der Waals surface area contributed by atoms with Crippen molar-refractivity contribution < 1.29 is 4.79 Å². The number of amides is 1. The van der Waals surface area contributed by atoms with E-state index in [1.54, 1.807) is 0 Å². The maximum absolute atomic E-state index is 11.9. The summed E-state index contributed by atoms with van der Waals surface area (Å²) in [5.74, 6) is 0.152. The normalized spacial score (nSPS) is 18.1. The van der Waals surface area contributed by atoms with Crippen LogP contribution in [0.5, 0.6) is 0 Å². The Morgan fingerprint density at radius 3 is 3.16 bits per heavy atom. The van der Waals surface area contributed by atoms with Crippen LogP contribution in [0, 0.1) is 0 Å². The van der Waals surface area contributed by atoms with Crippen molar-refractivity contribution in [3.63, 3.8) is 0 Å². The average Bonchev–Trinajstić information content (AvgIpc) is 2.78. The standard InChI is InChI=1S/C14H24N4O/c1-18-13-7-5-6-12(11(13)10-16-18)17-14(19)8-3-2-4-9-15/h10,12H,2-9,15H2,1H3,(H,17,19). The summed E-state index contributed by atoms with van der Waals surface area (Å²) < 4.78 is 1.93. The molecule has 1 heterocycles. The summed E-state index contributed by atoms with van der Waals surface area (Å²) >= 11 is 0. The summed E-state index contributed by atoms with van der Waals surface area (Å²) in [4.78, 5) is 11.9. The fourth-order valence-corrected chi connectivity index (χ4v) is 2.73. The van der Waals surface area contributed by atoms with E-state index in [1.165, 1.54) is 11.3 Å². The van der Waals surface area contributed by atoms with E-state index in [9.17, 15) is 4.79 Å². The second kappa shape index (κ2) is 6.70. The van der Waals surface area contributed by atoms with Crippen molar-refractivity contribution in [2.45, 2.75) is 51.0 Å². The van der Waals surface area contributed by atoms with E-state index in [2.05, 4.69) is 10.4 Å². The zero-order valence-corrected chi connectivity index (χ0v) is 11.7. The SMILES string of the molecule is Cn1ncc2c1CCCC2NC(=O)CCCCCN. The Morgan fingerprint density at radius 1 is 1.53 bits per heavy atom. The lowest BCUT2D eigenvalue weighted by atomic mass is 9.93. The highest BCUT2D eigenvalue weighted by atomic mass is 16.1. The molecule has 0 saturated carbocycles. The third-order valence-corrected chi connectivity index (χ3v) is 3.82. The molecule has 1 aromatic heterocycles. The van der Waals surface area contributed by atoms with Gasteiger partial charge in [-0.15, -0.1) is 0 Å². The maximum atomic E-state index is 11.9. The maximum Gasteiger partial charge on any atom is 0.220 e. The summed E-state index contributed by atoms with van der Waals surface area (Å²) in [5, 5.41) is 7.44. The first-order valence-corrected chi connectivity index (χ1v) is 7.22. The van der Waals surface area contributed by atoms with Gasteiger partial charge in [-0.2, -0.15) is 5.10 Å². The molecule has 1 atom stereocenters. The van der Waals surface area contributed by atoms with Gasteiger partial charge in [-0.25, -0.2) is 0 Å². The van der Waals surface area contributed by atoms with Gasteiger partial charge >= 0.3 is 0 Å². The van der Waals surface area contributed by atoms with Gasteiger partial charge in [0.05, 0.1) is 12.2 Å². The van der Waals surface area contributed by atoms with Crippen LogP contribution < -0.4 is 11.1 Å². The highest BCUT2D eigenvalue weighted by Gasteiger charge is 2.24. The molecular weight excluding hydrogens is 240 g/mol. The Hall–Kier alpha value is -1.36. The number of carbonyl (C=O) groups is 1. The van der Waals surface area contributed by atoms with Gasteiger partial charge in [0.15, 0.2) is 0 Å². The molecule has 0 bridgehead atoms. The quantitative estimate of drug-likeness (QED) is 0.763. The summed E-state index contributed by atoms with van der Waals surface area (Å²) in [6.45, 7) is 0.712. The van der Waals surface area contributed by atoms with E-state index in [-0.39, 0.29) is 11.9 Å². The van der Waals surface area contributed by atoms with E-state index in [4.69, 9.17) is 5.73 Å². The second-order valence-corrected chi connectivity index (χ2v) is 5.28. The third-order valence-electron chi connectivity index (χ3n) is 3.82. The minimum absolute atomic E-state index is 0.152. The lowest BCUT2D eigenvalue weighted by molar-refractivity contribution is -0.122. The number of unbranched alkanes of at least 4 members (excludes halogenated alkanes) is 2. The Bertz CT molecular complexity index is 427. The molecule has 1 unspecified atom stereocenters. The predicted octanol–water partition coefficient (Wildman–Crippen LogP) is 1.43. The van der Waals surface area contributed by atoms with Crippen molar-refractivity contribution in [1.29, 1.82) is 0 Å². The Labute approximate surface area is 114 Å². The molecule has 5 heteroatoms. The van der Waals surface area contributed by atoms with Gasteiger partial charge < -0.3 is 11.1 Å². The Balaban J connectivity index is 1.85. The lowest BCUT2D eigenvalue weighted by Gasteiger charge is -2.23. The zero-order valence-electron chi connectivity index (χ0n) is 11.7. The number of carbonyl (C=O) groups excluding carboxylic acids is 1. The highest BCUT2D eigenvalue weighted by molar-refractivity contribution is 5.76. The largest absolute Gasteiger partial charge is 0.349 e. The molecule has 1 aliphatic carbocycles. The number of hydrogen-bond acceptors (Lipinski definition) is 3. The molecule has 5 nitrogen and oxygen atoms in total. The summed E-state index contributed by atoms with van der Waals surface area (Å²) in [5.41, 5.74) is 7.90. The third kappa shape index (κ3) is 3.56. The lowest BCUT2D eigenvalue weighted by Crippen LogP contribution is -2.30. The molecule has 0 spiro atoms. The van der Waals surface area contributed by atoms with E-state index < -0.39 is 0 Å². The molecule has 1 amide bonds. The number of nitrogens with one attached hydrogen (secondary N) is 1. The van der Waals surface area contributed by atoms with Crippen LogP contribution in [0.2, 0.25) is 0 Å². The first kappa shape index (κ1) is 14.1. The van der Waals surface area contributed by atoms with Crippen LogP contribution in [0.25, 0.3) is 0 Å². The first-order valence-electron chi connectivity index (χ1n) is 7.22. The van der Waals surface area contributed by atoms with Crippen LogP contribution in [0.15, 0.2) is 6.20 Å². The Morgan fingerprint density at radius 2 is 2.37 bits per heavy atom. The highest BCUT2D eigenvalue weighted by Crippen LogP contribution is 2.29. The second-order valence-electron chi connectivity index (χ2n) is 5.28. The molecule has 0 radical (unpaired) electrons. The van der Waals surface area contributed by atoms with E-state index in [0.717, 1.165) is 38.5 Å². The fraction of sp³-hybridized carbons (Fsp3) is 0.714. The molecule has 0 aliphatic heterocycles. The van der Waals surface area contributed by atoms with Crippen LogP contribution in [0.4, 0.5) is 0 Å². The molecule has 0 aromatic carbocycles. The van der Waals surface area contributed by atoms with Gasteiger partial charge in [-0.3, -0.25) is 9.48 Å². The van der Waals surface area contributed by atoms with Crippen molar-refractivity contribution in [3.8, 4) is 0 Å². The number of aryl methyl sites for hydroxylation is 1. The zero-order chi connectivity index (χ0) is 13.7. The van der Waals surface area contributed by atoms with Crippen LogP contribution in [-0.4, -0.2) is 22.2 Å². The number of hydrogen-bond donors (Lipinski definition) is 2. The smallest absolute Gasteiger partial charge is 0.220 e. The van der Waals surface area contributed by atoms with Crippen molar-refractivity contribution in [2.24, 2.45) is 12.8 Å². The summed E-state index contributed by atoms with van der Waals surface area (Å²) in [6.07, 6.45) is 8.67. The van der Waals surface area contributed by atoms with E-state index in [1.807, 2.05) is 17.9 Å². The molecule has 0 saturated heterocycles. The van der Waals surface area contributed by atoms with Gasteiger partial charge in [-0.1, -0.05) is 6.42 Å². The fourth-order valence-electron chi connectivity index (χ4n) is 2.73. The van der Waals surface area contributed by atoms with Gasteiger partial charge in [0.2, 0.25) is 5.91 Å². The van der Waals surface area contributed by atoms with Gasteiger partial charge in [-0.05, 0) is 38.6 Å². The summed E-state index contributed by atoms with van der Waals surface area (Å²) in [6, 6.07) is 0.152. The number of aromatic nitrogens is 2. The molecule has 0 fully saturated rings. The van der Waals surface area contributed by atoms with Crippen LogP contribution >= 0.6 is 0 Å².